The van der Waals surface area contributed by atoms with Crippen molar-refractivity contribution in [2.45, 2.75) is 13.8 Å². The molecular formula is C10H14O. The van der Waals surface area contributed by atoms with E-state index in [0.29, 0.717) is 5.92 Å². The predicted molar refractivity (Wildman–Crippen MR) is 47.2 cm³/mol. The molecule has 0 amide bonds. The van der Waals surface area contributed by atoms with E-state index in [-0.39, 0.29) is 0 Å². The number of hydrogen-bond acceptors (Lipinski definition) is 1. The topological polar surface area (TPSA) is 9.23 Å². The Hall–Kier alpha value is -0.980. The molecule has 0 bridgehead atoms. The van der Waals surface area contributed by atoms with Crippen LogP contribution in [0.4, 0.5) is 0 Å². The van der Waals surface area contributed by atoms with Crippen molar-refractivity contribution in [2.24, 2.45) is 5.92 Å². The fourth-order valence-corrected chi connectivity index (χ4v) is 1.03. The average molecular weight is 150 g/mol. The van der Waals surface area contributed by atoms with Crippen LogP contribution in [0.1, 0.15) is 13.8 Å². The summed E-state index contributed by atoms with van der Waals surface area (Å²) in [7, 11) is 0. The van der Waals surface area contributed by atoms with E-state index in [1.807, 2.05) is 12.2 Å². The van der Waals surface area contributed by atoms with E-state index in [2.05, 4.69) is 20.4 Å². The van der Waals surface area contributed by atoms with Gasteiger partial charge in [-0.1, -0.05) is 25.7 Å². The Kier molecular flexibility index (Phi) is 2.53. The van der Waals surface area contributed by atoms with Crippen molar-refractivity contribution in [1.82, 2.24) is 0 Å². The zero-order valence-electron chi connectivity index (χ0n) is 7.13. The lowest BCUT2D eigenvalue weighted by atomic mass is 10.1. The monoisotopic (exact) mass is 150 g/mol. The number of ether oxygens (including phenoxy) is 1. The van der Waals surface area contributed by atoms with Gasteiger partial charge in [0.1, 0.15) is 5.76 Å². The van der Waals surface area contributed by atoms with Gasteiger partial charge >= 0.3 is 0 Å². The second kappa shape index (κ2) is 3.42. The smallest absolute Gasteiger partial charge is 0.118 e. The SMILES string of the molecule is C=C/C=C\C1=C(C)C(C)CO1. The number of allylic oxidation sites excluding steroid dienone is 3. The molecule has 1 atom stereocenters. The van der Waals surface area contributed by atoms with Crippen LogP contribution in [0.2, 0.25) is 0 Å². The fourth-order valence-electron chi connectivity index (χ4n) is 1.03. The molecule has 0 spiro atoms. The average Bonchev–Trinajstić information content (AvgIpc) is 2.31. The van der Waals surface area contributed by atoms with Crippen LogP contribution in [-0.4, -0.2) is 6.61 Å². The van der Waals surface area contributed by atoms with Crippen LogP contribution in [0.25, 0.3) is 0 Å². The van der Waals surface area contributed by atoms with Gasteiger partial charge in [0, 0.05) is 5.92 Å². The van der Waals surface area contributed by atoms with Crippen molar-refractivity contribution >= 4 is 0 Å². The summed E-state index contributed by atoms with van der Waals surface area (Å²) in [6.45, 7) is 8.71. The highest BCUT2D eigenvalue weighted by Gasteiger charge is 2.16. The zero-order valence-corrected chi connectivity index (χ0v) is 7.13. The molecule has 1 rings (SSSR count). The van der Waals surface area contributed by atoms with Gasteiger partial charge in [0.05, 0.1) is 6.61 Å². The Morgan fingerprint density at radius 2 is 2.36 bits per heavy atom. The summed E-state index contributed by atoms with van der Waals surface area (Å²) in [5, 5.41) is 0. The lowest BCUT2D eigenvalue weighted by Gasteiger charge is -1.95. The van der Waals surface area contributed by atoms with Crippen LogP contribution in [0.3, 0.4) is 0 Å². The van der Waals surface area contributed by atoms with E-state index >= 15 is 0 Å². The third-order valence-corrected chi connectivity index (χ3v) is 2.00. The summed E-state index contributed by atoms with van der Waals surface area (Å²) >= 11 is 0. The molecule has 0 N–H and O–H groups in total. The Morgan fingerprint density at radius 1 is 1.64 bits per heavy atom. The third-order valence-electron chi connectivity index (χ3n) is 2.00. The third kappa shape index (κ3) is 1.73. The lowest BCUT2D eigenvalue weighted by Crippen LogP contribution is -1.94. The van der Waals surface area contributed by atoms with Crippen LogP contribution in [-0.2, 0) is 4.74 Å². The summed E-state index contributed by atoms with van der Waals surface area (Å²) in [6, 6.07) is 0. The largest absolute Gasteiger partial charge is 0.493 e. The molecule has 11 heavy (non-hydrogen) atoms. The van der Waals surface area contributed by atoms with E-state index in [1.165, 1.54) is 5.57 Å². The summed E-state index contributed by atoms with van der Waals surface area (Å²) < 4.78 is 5.42. The second-order valence-electron chi connectivity index (χ2n) is 2.85. The Labute approximate surface area is 68.1 Å². The molecule has 1 aliphatic heterocycles. The highest BCUT2D eigenvalue weighted by Crippen LogP contribution is 2.24. The van der Waals surface area contributed by atoms with E-state index in [4.69, 9.17) is 4.74 Å². The first-order valence-corrected chi connectivity index (χ1v) is 3.88. The molecule has 60 valence electrons. The van der Waals surface area contributed by atoms with Crippen LogP contribution in [0.15, 0.2) is 36.1 Å². The molecular weight excluding hydrogens is 136 g/mol. The van der Waals surface area contributed by atoms with Crippen molar-refractivity contribution in [3.63, 3.8) is 0 Å². The molecule has 0 aromatic heterocycles. The Morgan fingerprint density at radius 3 is 2.82 bits per heavy atom. The molecule has 1 aliphatic rings. The second-order valence-corrected chi connectivity index (χ2v) is 2.85. The Bertz CT molecular complexity index is 211. The van der Waals surface area contributed by atoms with Crippen molar-refractivity contribution in [3.05, 3.63) is 36.1 Å². The summed E-state index contributed by atoms with van der Waals surface area (Å²) in [4.78, 5) is 0. The standard InChI is InChI=1S/C10H14O/c1-4-5-6-10-9(3)8(2)7-11-10/h4-6,8H,1,7H2,2-3H3/b6-5-. The molecule has 0 radical (unpaired) electrons. The summed E-state index contributed by atoms with van der Waals surface area (Å²) in [5.41, 5.74) is 1.34. The van der Waals surface area contributed by atoms with Crippen molar-refractivity contribution in [3.8, 4) is 0 Å². The molecule has 1 nitrogen and oxygen atoms in total. The minimum Gasteiger partial charge on any atom is -0.493 e. The lowest BCUT2D eigenvalue weighted by molar-refractivity contribution is 0.234. The van der Waals surface area contributed by atoms with Crippen LogP contribution < -0.4 is 0 Å². The number of rotatable bonds is 2. The van der Waals surface area contributed by atoms with Gasteiger partial charge in [-0.3, -0.25) is 0 Å². The summed E-state index contributed by atoms with van der Waals surface area (Å²) in [5.74, 6) is 1.58. The first-order valence-electron chi connectivity index (χ1n) is 3.88. The molecule has 0 fully saturated rings. The van der Waals surface area contributed by atoms with E-state index in [9.17, 15) is 0 Å². The van der Waals surface area contributed by atoms with Crippen molar-refractivity contribution in [1.29, 1.82) is 0 Å². The summed E-state index contributed by atoms with van der Waals surface area (Å²) in [6.07, 6.45) is 5.62. The molecule has 0 aromatic carbocycles. The van der Waals surface area contributed by atoms with Crippen LogP contribution in [0, 0.1) is 5.92 Å². The Balaban J connectivity index is 2.71. The van der Waals surface area contributed by atoms with Gasteiger partial charge in [0.25, 0.3) is 0 Å². The minimum absolute atomic E-state index is 0.569. The van der Waals surface area contributed by atoms with E-state index in [0.717, 1.165) is 12.4 Å². The molecule has 0 aromatic rings. The fraction of sp³-hybridized carbons (Fsp3) is 0.400. The normalized spacial score (nSPS) is 24.4. The van der Waals surface area contributed by atoms with Gasteiger partial charge in [-0.15, -0.1) is 0 Å². The van der Waals surface area contributed by atoms with Gasteiger partial charge in [-0.2, -0.15) is 0 Å². The molecule has 0 aliphatic carbocycles. The van der Waals surface area contributed by atoms with Crippen LogP contribution >= 0.6 is 0 Å². The van der Waals surface area contributed by atoms with Crippen molar-refractivity contribution < 1.29 is 4.74 Å². The van der Waals surface area contributed by atoms with E-state index in [1.54, 1.807) is 6.08 Å². The maximum atomic E-state index is 5.42. The van der Waals surface area contributed by atoms with Gasteiger partial charge in [-0.05, 0) is 18.6 Å². The first-order chi connectivity index (χ1) is 5.25. The van der Waals surface area contributed by atoms with Crippen LogP contribution in [0.5, 0.6) is 0 Å². The maximum absolute atomic E-state index is 5.42. The molecule has 1 unspecified atom stereocenters. The molecule has 1 heteroatoms. The molecule has 0 saturated carbocycles. The van der Waals surface area contributed by atoms with Gasteiger partial charge in [0.2, 0.25) is 0 Å². The quantitative estimate of drug-likeness (QED) is 0.550. The van der Waals surface area contributed by atoms with Crippen molar-refractivity contribution in [2.75, 3.05) is 6.61 Å². The number of hydrogen-bond donors (Lipinski definition) is 0. The van der Waals surface area contributed by atoms with E-state index < -0.39 is 0 Å². The van der Waals surface area contributed by atoms with Gasteiger partial charge in [0.15, 0.2) is 0 Å². The minimum atomic E-state index is 0.569. The van der Waals surface area contributed by atoms with Gasteiger partial charge in [-0.25, -0.2) is 0 Å². The predicted octanol–water partition coefficient (Wildman–Crippen LogP) is 2.67. The highest BCUT2D eigenvalue weighted by atomic mass is 16.5. The molecule has 1 heterocycles. The molecule has 0 saturated heterocycles. The maximum Gasteiger partial charge on any atom is 0.118 e. The highest BCUT2D eigenvalue weighted by molar-refractivity contribution is 5.25. The first kappa shape index (κ1) is 8.12. The van der Waals surface area contributed by atoms with Gasteiger partial charge < -0.3 is 4.74 Å². The zero-order chi connectivity index (χ0) is 8.27.